The minimum atomic E-state index is -1.23. The van der Waals surface area contributed by atoms with E-state index >= 15 is 0 Å². The van der Waals surface area contributed by atoms with Gasteiger partial charge in [0.15, 0.2) is 0 Å². The maximum Gasteiger partial charge on any atom is 0.224 e. The van der Waals surface area contributed by atoms with Crippen molar-refractivity contribution in [1.82, 2.24) is 10.6 Å². The van der Waals surface area contributed by atoms with Gasteiger partial charge in [-0.25, -0.2) is 0 Å². The number of amides is 1. The van der Waals surface area contributed by atoms with Crippen LogP contribution in [0, 0.1) is 11.8 Å². The van der Waals surface area contributed by atoms with Gasteiger partial charge in [-0.15, -0.1) is 0 Å². The predicted molar refractivity (Wildman–Crippen MR) is 56.2 cm³/mol. The second-order valence-electron chi connectivity index (χ2n) is 4.61. The summed E-state index contributed by atoms with van der Waals surface area (Å²) in [6, 6.07) is 0. The zero-order valence-corrected chi connectivity index (χ0v) is 9.29. The van der Waals surface area contributed by atoms with Gasteiger partial charge >= 0.3 is 0 Å². The van der Waals surface area contributed by atoms with Crippen LogP contribution in [0.25, 0.3) is 0 Å². The van der Waals surface area contributed by atoms with Crippen LogP contribution >= 0.6 is 0 Å². The molecule has 4 N–H and O–H groups in total. The molecule has 3 atom stereocenters. The third kappa shape index (κ3) is 3.44. The second kappa shape index (κ2) is 4.92. The predicted octanol–water partition coefficient (Wildman–Crippen LogP) is -1.30. The number of carbonyl (C=O) groups excluding carboxylic acids is 1. The van der Waals surface area contributed by atoms with Crippen molar-refractivity contribution in [3.05, 3.63) is 0 Å². The van der Waals surface area contributed by atoms with Gasteiger partial charge in [0, 0.05) is 13.1 Å². The Hall–Kier alpha value is -0.650. The van der Waals surface area contributed by atoms with Gasteiger partial charge in [-0.1, -0.05) is 6.92 Å². The highest BCUT2D eigenvalue weighted by Gasteiger charge is 2.30. The molecule has 1 fully saturated rings. The van der Waals surface area contributed by atoms with Gasteiger partial charge in [0.1, 0.15) is 5.60 Å². The summed E-state index contributed by atoms with van der Waals surface area (Å²) in [6.45, 7) is 4.79. The van der Waals surface area contributed by atoms with Crippen LogP contribution in [0.5, 0.6) is 0 Å². The highest BCUT2D eigenvalue weighted by molar-refractivity contribution is 5.79. The lowest BCUT2D eigenvalue weighted by atomic mass is 9.97. The number of aliphatic hydroxyl groups excluding tert-OH is 1. The van der Waals surface area contributed by atoms with E-state index in [4.69, 9.17) is 5.11 Å². The SMILES string of the molecule is C[C@@H]1CNC[C@H]1C(=O)NCC(C)(O)CO. The molecule has 5 nitrogen and oxygen atoms in total. The maximum absolute atomic E-state index is 11.7. The van der Waals surface area contributed by atoms with E-state index in [1.165, 1.54) is 6.92 Å². The number of aliphatic hydroxyl groups is 2. The van der Waals surface area contributed by atoms with Crippen molar-refractivity contribution in [2.45, 2.75) is 19.4 Å². The molecule has 1 heterocycles. The minimum Gasteiger partial charge on any atom is -0.393 e. The highest BCUT2D eigenvalue weighted by atomic mass is 16.3. The topological polar surface area (TPSA) is 81.6 Å². The summed E-state index contributed by atoms with van der Waals surface area (Å²) in [6.07, 6.45) is 0. The number of nitrogens with one attached hydrogen (secondary N) is 2. The first-order chi connectivity index (χ1) is 6.96. The molecule has 0 aromatic heterocycles. The first-order valence-electron chi connectivity index (χ1n) is 5.28. The van der Waals surface area contributed by atoms with Crippen LogP contribution in [0.1, 0.15) is 13.8 Å². The summed E-state index contributed by atoms with van der Waals surface area (Å²) in [5, 5.41) is 24.1. The molecule has 1 aliphatic rings. The van der Waals surface area contributed by atoms with E-state index in [1.54, 1.807) is 0 Å². The Morgan fingerprint density at radius 2 is 2.27 bits per heavy atom. The van der Waals surface area contributed by atoms with Crippen molar-refractivity contribution in [2.75, 3.05) is 26.2 Å². The summed E-state index contributed by atoms with van der Waals surface area (Å²) in [5.74, 6) is 0.241. The van der Waals surface area contributed by atoms with E-state index in [9.17, 15) is 9.90 Å². The lowest BCUT2D eigenvalue weighted by Gasteiger charge is -2.22. The standard InChI is InChI=1S/C10H20N2O3/c1-7-3-11-4-8(7)9(14)12-5-10(2,15)6-13/h7-8,11,13,15H,3-6H2,1-2H3,(H,12,14)/t7-,8-,10?/m1/s1. The average Bonchev–Trinajstić information content (AvgIpc) is 2.61. The summed E-state index contributed by atoms with van der Waals surface area (Å²) < 4.78 is 0. The number of hydrogen-bond acceptors (Lipinski definition) is 4. The monoisotopic (exact) mass is 216 g/mol. The van der Waals surface area contributed by atoms with Gasteiger partial charge in [0.25, 0.3) is 0 Å². The quantitative estimate of drug-likeness (QED) is 0.471. The van der Waals surface area contributed by atoms with Crippen LogP contribution < -0.4 is 10.6 Å². The fraction of sp³-hybridized carbons (Fsp3) is 0.900. The molecule has 0 saturated carbocycles. The zero-order valence-electron chi connectivity index (χ0n) is 9.29. The Kier molecular flexibility index (Phi) is 4.07. The molecule has 0 bridgehead atoms. The molecule has 0 aromatic carbocycles. The highest BCUT2D eigenvalue weighted by Crippen LogP contribution is 2.15. The van der Waals surface area contributed by atoms with E-state index in [0.717, 1.165) is 6.54 Å². The largest absolute Gasteiger partial charge is 0.393 e. The van der Waals surface area contributed by atoms with E-state index < -0.39 is 5.60 Å². The molecule has 5 heteroatoms. The average molecular weight is 216 g/mol. The van der Waals surface area contributed by atoms with Gasteiger partial charge in [0.05, 0.1) is 12.5 Å². The van der Waals surface area contributed by atoms with Crippen molar-refractivity contribution >= 4 is 5.91 Å². The van der Waals surface area contributed by atoms with Gasteiger partial charge in [-0.05, 0) is 19.4 Å². The van der Waals surface area contributed by atoms with Gasteiger partial charge < -0.3 is 20.8 Å². The fourth-order valence-corrected chi connectivity index (χ4v) is 1.63. The molecule has 1 amide bonds. The van der Waals surface area contributed by atoms with Crippen LogP contribution in [0.4, 0.5) is 0 Å². The second-order valence-corrected chi connectivity index (χ2v) is 4.61. The third-order valence-electron chi connectivity index (χ3n) is 2.84. The van der Waals surface area contributed by atoms with Crippen molar-refractivity contribution in [2.24, 2.45) is 11.8 Å². The molecular formula is C10H20N2O3. The molecule has 0 radical (unpaired) electrons. The Balaban J connectivity index is 2.36. The molecule has 1 unspecified atom stereocenters. The van der Waals surface area contributed by atoms with Gasteiger partial charge in [-0.3, -0.25) is 4.79 Å². The van der Waals surface area contributed by atoms with Crippen LogP contribution in [-0.4, -0.2) is 48.0 Å². The number of carbonyl (C=O) groups is 1. The van der Waals surface area contributed by atoms with Gasteiger partial charge in [0.2, 0.25) is 5.91 Å². The van der Waals surface area contributed by atoms with E-state index in [-0.39, 0.29) is 25.0 Å². The van der Waals surface area contributed by atoms with E-state index in [1.807, 2.05) is 6.92 Å². The molecule has 15 heavy (non-hydrogen) atoms. The van der Waals surface area contributed by atoms with Crippen LogP contribution in [0.15, 0.2) is 0 Å². The summed E-state index contributed by atoms with van der Waals surface area (Å²) in [4.78, 5) is 11.7. The Bertz CT molecular complexity index is 231. The van der Waals surface area contributed by atoms with Crippen molar-refractivity contribution in [3.63, 3.8) is 0 Å². The third-order valence-corrected chi connectivity index (χ3v) is 2.84. The minimum absolute atomic E-state index is 0.0282. The van der Waals surface area contributed by atoms with Crippen molar-refractivity contribution in [3.8, 4) is 0 Å². The number of hydrogen-bond donors (Lipinski definition) is 4. The lowest BCUT2D eigenvalue weighted by Crippen LogP contribution is -2.46. The molecule has 1 saturated heterocycles. The summed E-state index contributed by atoms with van der Waals surface area (Å²) >= 11 is 0. The lowest BCUT2D eigenvalue weighted by molar-refractivity contribution is -0.126. The van der Waals surface area contributed by atoms with Crippen LogP contribution in [0.3, 0.4) is 0 Å². The normalized spacial score (nSPS) is 29.9. The molecular weight excluding hydrogens is 196 g/mol. The fourth-order valence-electron chi connectivity index (χ4n) is 1.63. The van der Waals surface area contributed by atoms with Crippen LogP contribution in [-0.2, 0) is 4.79 Å². The first kappa shape index (κ1) is 12.4. The van der Waals surface area contributed by atoms with Gasteiger partial charge in [-0.2, -0.15) is 0 Å². The molecule has 0 aromatic rings. The molecule has 0 spiro atoms. The summed E-state index contributed by atoms with van der Waals surface area (Å²) in [7, 11) is 0. The Morgan fingerprint density at radius 1 is 1.60 bits per heavy atom. The number of rotatable bonds is 4. The summed E-state index contributed by atoms with van der Waals surface area (Å²) in [5.41, 5.74) is -1.23. The van der Waals surface area contributed by atoms with Crippen molar-refractivity contribution in [1.29, 1.82) is 0 Å². The molecule has 1 aliphatic heterocycles. The van der Waals surface area contributed by atoms with E-state index in [2.05, 4.69) is 10.6 Å². The molecule has 88 valence electrons. The Morgan fingerprint density at radius 3 is 2.73 bits per heavy atom. The van der Waals surface area contributed by atoms with Crippen LogP contribution in [0.2, 0.25) is 0 Å². The smallest absolute Gasteiger partial charge is 0.224 e. The Labute approximate surface area is 89.9 Å². The first-order valence-corrected chi connectivity index (χ1v) is 5.28. The van der Waals surface area contributed by atoms with E-state index in [0.29, 0.717) is 12.5 Å². The maximum atomic E-state index is 11.7. The zero-order chi connectivity index (χ0) is 11.5. The van der Waals surface area contributed by atoms with Crippen molar-refractivity contribution < 1.29 is 15.0 Å². The molecule has 1 rings (SSSR count). The molecule has 0 aliphatic carbocycles.